The zero-order valence-electron chi connectivity index (χ0n) is 13.0. The fraction of sp³-hybridized carbons (Fsp3) is 0.400. The largest absolute Gasteiger partial charge is 0.377 e. The molecule has 1 aromatic rings. The standard InChI is InChI=1S/C15H14N4O6/c20-12-15(13(21)17-14(22)16-12)6-8-5-9(19(23)24)1-2-10(8)18-3-4-25-7-11(15)18/h1-2,5,11H,3-4,6-7H2,(H2,16,17,20,21,22)/t11-/m0/s1. The summed E-state index contributed by atoms with van der Waals surface area (Å²) in [5.41, 5.74) is -0.432. The maximum atomic E-state index is 12.7. The average molecular weight is 346 g/mol. The second kappa shape index (κ2) is 5.24. The Bertz CT molecular complexity index is 802. The third-order valence-corrected chi connectivity index (χ3v) is 5.01. The lowest BCUT2D eigenvalue weighted by molar-refractivity contribution is -0.384. The van der Waals surface area contributed by atoms with Crippen molar-refractivity contribution in [2.75, 3.05) is 24.7 Å². The summed E-state index contributed by atoms with van der Waals surface area (Å²) >= 11 is 0. The zero-order valence-corrected chi connectivity index (χ0v) is 13.0. The molecule has 0 bridgehead atoms. The molecule has 0 saturated carbocycles. The molecule has 3 heterocycles. The van der Waals surface area contributed by atoms with Crippen molar-refractivity contribution in [1.82, 2.24) is 10.6 Å². The number of urea groups is 1. The van der Waals surface area contributed by atoms with Crippen LogP contribution in [0.1, 0.15) is 5.56 Å². The predicted molar refractivity (Wildman–Crippen MR) is 82.9 cm³/mol. The number of fused-ring (bicyclic) bond motifs is 4. The van der Waals surface area contributed by atoms with Gasteiger partial charge in [-0.25, -0.2) is 4.79 Å². The molecule has 2 saturated heterocycles. The van der Waals surface area contributed by atoms with E-state index in [1.165, 1.54) is 12.1 Å². The van der Waals surface area contributed by atoms with E-state index in [0.717, 1.165) is 5.69 Å². The summed E-state index contributed by atoms with van der Waals surface area (Å²) < 4.78 is 5.47. The third kappa shape index (κ3) is 2.10. The van der Waals surface area contributed by atoms with E-state index < -0.39 is 34.2 Å². The molecule has 2 fully saturated rings. The van der Waals surface area contributed by atoms with Crippen molar-refractivity contribution in [2.45, 2.75) is 12.5 Å². The lowest BCUT2D eigenvalue weighted by Crippen LogP contribution is -2.73. The predicted octanol–water partition coefficient (Wildman–Crippen LogP) is -0.292. The van der Waals surface area contributed by atoms with Crippen LogP contribution in [0.25, 0.3) is 0 Å². The highest BCUT2D eigenvalue weighted by molar-refractivity contribution is 6.20. The number of carbonyl (C=O) groups excluding carboxylic acids is 3. The summed E-state index contributed by atoms with van der Waals surface area (Å²) in [5, 5.41) is 15.4. The van der Waals surface area contributed by atoms with Crippen LogP contribution >= 0.6 is 0 Å². The molecule has 3 aliphatic rings. The van der Waals surface area contributed by atoms with Crippen LogP contribution in [0.2, 0.25) is 0 Å². The van der Waals surface area contributed by atoms with Crippen molar-refractivity contribution in [2.24, 2.45) is 5.41 Å². The number of nitrogens with one attached hydrogen (secondary N) is 2. The number of hydrogen-bond donors (Lipinski definition) is 2. The van der Waals surface area contributed by atoms with E-state index in [1.54, 1.807) is 6.07 Å². The highest BCUT2D eigenvalue weighted by Gasteiger charge is 2.60. The highest BCUT2D eigenvalue weighted by Crippen LogP contribution is 2.44. The van der Waals surface area contributed by atoms with Gasteiger partial charge in [-0.05, 0) is 11.6 Å². The van der Waals surface area contributed by atoms with Gasteiger partial charge in [-0.1, -0.05) is 0 Å². The van der Waals surface area contributed by atoms with Crippen LogP contribution < -0.4 is 15.5 Å². The van der Waals surface area contributed by atoms with E-state index in [9.17, 15) is 24.5 Å². The first-order valence-corrected chi connectivity index (χ1v) is 7.72. The molecule has 2 N–H and O–H groups in total. The number of ether oxygens (including phenoxy) is 1. The number of nitro benzene ring substituents is 1. The van der Waals surface area contributed by atoms with Crippen molar-refractivity contribution >= 4 is 29.2 Å². The van der Waals surface area contributed by atoms with E-state index >= 15 is 0 Å². The number of imide groups is 2. The second-order valence-corrected chi connectivity index (χ2v) is 6.24. The van der Waals surface area contributed by atoms with Crippen molar-refractivity contribution < 1.29 is 24.0 Å². The van der Waals surface area contributed by atoms with E-state index in [-0.39, 0.29) is 18.7 Å². The van der Waals surface area contributed by atoms with Crippen LogP contribution in [0.5, 0.6) is 0 Å². The smallest absolute Gasteiger partial charge is 0.328 e. The topological polar surface area (TPSA) is 131 Å². The Morgan fingerprint density at radius 1 is 1.24 bits per heavy atom. The Labute approximate surface area is 141 Å². The number of barbiturate groups is 1. The molecule has 1 aromatic carbocycles. The number of rotatable bonds is 1. The molecule has 0 aliphatic carbocycles. The first kappa shape index (κ1) is 15.5. The fourth-order valence-electron chi connectivity index (χ4n) is 3.85. The molecule has 1 atom stereocenters. The van der Waals surface area contributed by atoms with Gasteiger partial charge in [0.15, 0.2) is 5.41 Å². The summed E-state index contributed by atoms with van der Waals surface area (Å²) in [7, 11) is 0. The number of nitrogens with zero attached hydrogens (tertiary/aromatic N) is 2. The lowest BCUT2D eigenvalue weighted by atomic mass is 9.68. The first-order chi connectivity index (χ1) is 11.9. The van der Waals surface area contributed by atoms with E-state index in [4.69, 9.17) is 4.74 Å². The monoisotopic (exact) mass is 346 g/mol. The number of anilines is 1. The van der Waals surface area contributed by atoms with Gasteiger partial charge in [-0.2, -0.15) is 0 Å². The first-order valence-electron chi connectivity index (χ1n) is 7.72. The summed E-state index contributed by atoms with van der Waals surface area (Å²) in [4.78, 5) is 49.2. The van der Waals surface area contributed by atoms with Crippen molar-refractivity contribution in [3.8, 4) is 0 Å². The number of hydrogen-bond acceptors (Lipinski definition) is 7. The lowest BCUT2D eigenvalue weighted by Gasteiger charge is -2.51. The molecule has 0 unspecified atom stereocenters. The number of amides is 4. The fourth-order valence-corrected chi connectivity index (χ4v) is 3.85. The number of nitro groups is 1. The minimum absolute atomic E-state index is 0.0422. The molecule has 1 spiro atoms. The molecule has 10 nitrogen and oxygen atoms in total. The maximum Gasteiger partial charge on any atom is 0.328 e. The maximum absolute atomic E-state index is 12.7. The van der Waals surface area contributed by atoms with Gasteiger partial charge in [-0.3, -0.25) is 30.3 Å². The quantitative estimate of drug-likeness (QED) is 0.406. The van der Waals surface area contributed by atoms with E-state index in [1.807, 2.05) is 4.90 Å². The number of morpholine rings is 1. The summed E-state index contributed by atoms with van der Waals surface area (Å²) in [6.45, 7) is 0.988. The molecule has 3 aliphatic heterocycles. The average Bonchev–Trinajstić information content (AvgIpc) is 2.58. The van der Waals surface area contributed by atoms with E-state index in [0.29, 0.717) is 18.7 Å². The number of non-ortho nitro benzene ring substituents is 1. The Hall–Kier alpha value is -3.01. The van der Waals surface area contributed by atoms with Gasteiger partial charge >= 0.3 is 6.03 Å². The van der Waals surface area contributed by atoms with Crippen LogP contribution in [-0.4, -0.2) is 48.6 Å². The normalized spacial score (nSPS) is 24.2. The molecule has 0 radical (unpaired) electrons. The van der Waals surface area contributed by atoms with Crippen LogP contribution in [0, 0.1) is 15.5 Å². The van der Waals surface area contributed by atoms with Gasteiger partial charge in [0, 0.05) is 30.8 Å². The van der Waals surface area contributed by atoms with Crippen molar-refractivity contribution in [3.63, 3.8) is 0 Å². The number of carbonyl (C=O) groups is 3. The van der Waals surface area contributed by atoms with Gasteiger partial charge in [0.1, 0.15) is 0 Å². The molecule has 130 valence electrons. The molecular weight excluding hydrogens is 332 g/mol. The van der Waals surface area contributed by atoms with Crippen LogP contribution in [0.4, 0.5) is 16.2 Å². The van der Waals surface area contributed by atoms with Crippen LogP contribution in [0.3, 0.4) is 0 Å². The third-order valence-electron chi connectivity index (χ3n) is 5.01. The minimum atomic E-state index is -1.57. The minimum Gasteiger partial charge on any atom is -0.377 e. The highest BCUT2D eigenvalue weighted by atomic mass is 16.6. The zero-order chi connectivity index (χ0) is 17.8. The summed E-state index contributed by atoms with van der Waals surface area (Å²) in [5.74, 6) is -1.42. The SMILES string of the molecule is O=C1NC(=O)C2(Cc3cc([N+](=O)[O-])ccc3N3CCOC[C@H]32)C(=O)N1. The number of benzene rings is 1. The van der Waals surface area contributed by atoms with Gasteiger partial charge < -0.3 is 9.64 Å². The summed E-state index contributed by atoms with van der Waals surface area (Å²) in [6.07, 6.45) is -0.0422. The van der Waals surface area contributed by atoms with Gasteiger partial charge in [0.05, 0.1) is 24.2 Å². The Morgan fingerprint density at radius 3 is 2.64 bits per heavy atom. The molecule has 0 aromatic heterocycles. The van der Waals surface area contributed by atoms with Crippen molar-refractivity contribution in [3.05, 3.63) is 33.9 Å². The Morgan fingerprint density at radius 2 is 1.96 bits per heavy atom. The van der Waals surface area contributed by atoms with Gasteiger partial charge in [0.2, 0.25) is 11.8 Å². The Balaban J connectivity index is 1.88. The summed E-state index contributed by atoms with van der Waals surface area (Å²) in [6, 6.07) is 2.94. The van der Waals surface area contributed by atoms with E-state index in [2.05, 4.69) is 10.6 Å². The van der Waals surface area contributed by atoms with Crippen molar-refractivity contribution in [1.29, 1.82) is 0 Å². The second-order valence-electron chi connectivity index (χ2n) is 6.24. The Kier molecular flexibility index (Phi) is 3.25. The van der Waals surface area contributed by atoms with Gasteiger partial charge in [0.25, 0.3) is 5.69 Å². The molecule has 4 amide bonds. The molecule has 10 heteroatoms. The van der Waals surface area contributed by atoms with Crippen LogP contribution in [0.15, 0.2) is 18.2 Å². The molecule has 4 rings (SSSR count). The molecule has 25 heavy (non-hydrogen) atoms. The molecular formula is C15H14N4O6. The van der Waals surface area contributed by atoms with Gasteiger partial charge in [-0.15, -0.1) is 0 Å². The van der Waals surface area contributed by atoms with Crippen LogP contribution in [-0.2, 0) is 20.7 Å².